The third kappa shape index (κ3) is 3.74. The average molecular weight is 362 g/mol. The molecule has 0 bridgehead atoms. The first-order chi connectivity index (χ1) is 13.1. The number of amides is 1. The van der Waals surface area contributed by atoms with Crippen LogP contribution >= 0.6 is 0 Å². The standard InChI is InChI=1S/C22H26N4O/c1-16-8-3-4-10-18(16)24-22(27)17-9-7-13-26(14-17)15-21-23-19-11-5-6-12-20(19)25(21)2/h3-6,8,10-12,17H,7,9,13-15H2,1-2H3,(H,24,27)/t17-/m0/s1. The minimum atomic E-state index is 0.0213. The molecule has 1 N–H and O–H groups in total. The minimum absolute atomic E-state index is 0.0213. The number of piperidine rings is 1. The molecule has 1 aliphatic rings. The van der Waals surface area contributed by atoms with Gasteiger partial charge in [-0.05, 0) is 50.1 Å². The Kier molecular flexibility index (Phi) is 4.94. The van der Waals surface area contributed by atoms with Crippen LogP contribution in [0.4, 0.5) is 5.69 Å². The Balaban J connectivity index is 1.44. The van der Waals surface area contributed by atoms with E-state index in [9.17, 15) is 4.79 Å². The maximum absolute atomic E-state index is 12.8. The van der Waals surface area contributed by atoms with Gasteiger partial charge in [0.25, 0.3) is 0 Å². The number of para-hydroxylation sites is 3. The van der Waals surface area contributed by atoms with Crippen LogP contribution in [0, 0.1) is 12.8 Å². The van der Waals surface area contributed by atoms with E-state index < -0.39 is 0 Å². The van der Waals surface area contributed by atoms with Gasteiger partial charge in [0.1, 0.15) is 5.82 Å². The highest BCUT2D eigenvalue weighted by atomic mass is 16.1. The van der Waals surface area contributed by atoms with Gasteiger partial charge in [-0.1, -0.05) is 30.3 Å². The van der Waals surface area contributed by atoms with Gasteiger partial charge < -0.3 is 9.88 Å². The molecular weight excluding hydrogens is 336 g/mol. The monoisotopic (exact) mass is 362 g/mol. The molecule has 0 saturated carbocycles. The zero-order valence-electron chi connectivity index (χ0n) is 16.0. The number of aryl methyl sites for hydroxylation is 2. The minimum Gasteiger partial charge on any atom is -0.330 e. The van der Waals surface area contributed by atoms with E-state index in [1.165, 1.54) is 0 Å². The molecule has 3 aromatic rings. The van der Waals surface area contributed by atoms with Crippen LogP contribution < -0.4 is 5.32 Å². The molecule has 1 aliphatic heterocycles. The van der Waals surface area contributed by atoms with Gasteiger partial charge in [-0.2, -0.15) is 0 Å². The second-order valence-electron chi connectivity index (χ2n) is 7.45. The van der Waals surface area contributed by atoms with Crippen molar-refractivity contribution in [3.8, 4) is 0 Å². The van der Waals surface area contributed by atoms with Crippen LogP contribution in [-0.4, -0.2) is 33.4 Å². The number of hydrogen-bond donors (Lipinski definition) is 1. The lowest BCUT2D eigenvalue weighted by molar-refractivity contribution is -0.121. The van der Waals surface area contributed by atoms with E-state index in [-0.39, 0.29) is 11.8 Å². The number of rotatable bonds is 4. The summed E-state index contributed by atoms with van der Waals surface area (Å²) in [6.07, 6.45) is 1.98. The Bertz CT molecular complexity index is 962. The zero-order valence-corrected chi connectivity index (χ0v) is 16.0. The van der Waals surface area contributed by atoms with Crippen LogP contribution in [0.1, 0.15) is 24.2 Å². The zero-order chi connectivity index (χ0) is 18.8. The number of aromatic nitrogens is 2. The van der Waals surface area contributed by atoms with Crippen molar-refractivity contribution in [1.82, 2.24) is 14.5 Å². The largest absolute Gasteiger partial charge is 0.330 e. The molecule has 1 aromatic heterocycles. The number of hydrogen-bond acceptors (Lipinski definition) is 3. The molecule has 1 atom stereocenters. The lowest BCUT2D eigenvalue weighted by Crippen LogP contribution is -2.40. The molecule has 5 heteroatoms. The van der Waals surface area contributed by atoms with Gasteiger partial charge >= 0.3 is 0 Å². The van der Waals surface area contributed by atoms with Crippen molar-refractivity contribution < 1.29 is 4.79 Å². The van der Waals surface area contributed by atoms with Crippen LogP contribution in [0.5, 0.6) is 0 Å². The van der Waals surface area contributed by atoms with E-state index in [2.05, 4.69) is 27.9 Å². The normalized spacial score (nSPS) is 17.9. The summed E-state index contributed by atoms with van der Waals surface area (Å²) in [7, 11) is 2.07. The third-order valence-corrected chi connectivity index (χ3v) is 5.52. The third-order valence-electron chi connectivity index (χ3n) is 5.52. The van der Waals surface area contributed by atoms with Gasteiger partial charge in [0.15, 0.2) is 0 Å². The van der Waals surface area contributed by atoms with Gasteiger partial charge in [-0.15, -0.1) is 0 Å². The SMILES string of the molecule is Cc1ccccc1NC(=O)[C@H]1CCCN(Cc2nc3ccccc3n2C)C1. The Hall–Kier alpha value is -2.66. The number of likely N-dealkylation sites (tertiary alicyclic amines) is 1. The number of nitrogens with one attached hydrogen (secondary N) is 1. The number of benzene rings is 2. The number of imidazole rings is 1. The van der Waals surface area contributed by atoms with Crippen molar-refractivity contribution in [2.75, 3.05) is 18.4 Å². The summed E-state index contributed by atoms with van der Waals surface area (Å²) < 4.78 is 2.16. The molecule has 1 saturated heterocycles. The summed E-state index contributed by atoms with van der Waals surface area (Å²) in [6, 6.07) is 16.1. The molecule has 1 fully saturated rings. The Labute approximate surface area is 160 Å². The van der Waals surface area contributed by atoms with Crippen LogP contribution in [0.25, 0.3) is 11.0 Å². The number of anilines is 1. The maximum Gasteiger partial charge on any atom is 0.228 e. The second kappa shape index (κ2) is 7.53. The summed E-state index contributed by atoms with van der Waals surface area (Å²) in [5, 5.41) is 3.11. The fourth-order valence-corrected chi connectivity index (χ4v) is 3.90. The quantitative estimate of drug-likeness (QED) is 0.769. The van der Waals surface area contributed by atoms with E-state index in [0.717, 1.165) is 60.6 Å². The first-order valence-corrected chi connectivity index (χ1v) is 9.61. The van der Waals surface area contributed by atoms with Gasteiger partial charge in [0, 0.05) is 19.3 Å². The Morgan fingerprint density at radius 3 is 2.78 bits per heavy atom. The molecule has 2 heterocycles. The first kappa shape index (κ1) is 17.7. The maximum atomic E-state index is 12.8. The van der Waals surface area contributed by atoms with Crippen molar-refractivity contribution in [2.45, 2.75) is 26.3 Å². The van der Waals surface area contributed by atoms with Gasteiger partial charge in [0.2, 0.25) is 5.91 Å². The van der Waals surface area contributed by atoms with E-state index in [4.69, 9.17) is 4.98 Å². The van der Waals surface area contributed by atoms with Crippen molar-refractivity contribution in [1.29, 1.82) is 0 Å². The number of fused-ring (bicyclic) bond motifs is 1. The predicted molar refractivity (Wildman–Crippen MR) is 109 cm³/mol. The van der Waals surface area contributed by atoms with Gasteiger partial charge in [-0.3, -0.25) is 9.69 Å². The summed E-state index contributed by atoms with van der Waals surface area (Å²) >= 11 is 0. The molecular formula is C22H26N4O. The highest BCUT2D eigenvalue weighted by molar-refractivity contribution is 5.93. The van der Waals surface area contributed by atoms with E-state index in [1.54, 1.807) is 0 Å². The number of carbonyl (C=O) groups is 1. The molecule has 2 aromatic carbocycles. The fourth-order valence-electron chi connectivity index (χ4n) is 3.90. The number of nitrogens with zero attached hydrogens (tertiary/aromatic N) is 3. The molecule has 140 valence electrons. The lowest BCUT2D eigenvalue weighted by atomic mass is 9.97. The van der Waals surface area contributed by atoms with Crippen LogP contribution in [0.2, 0.25) is 0 Å². The first-order valence-electron chi connectivity index (χ1n) is 9.61. The molecule has 0 radical (unpaired) electrons. The van der Waals surface area contributed by atoms with Crippen LogP contribution in [-0.2, 0) is 18.4 Å². The topological polar surface area (TPSA) is 50.2 Å². The van der Waals surface area contributed by atoms with Crippen molar-refractivity contribution in [3.05, 3.63) is 59.9 Å². The van der Waals surface area contributed by atoms with Gasteiger partial charge in [0.05, 0.1) is 23.5 Å². The van der Waals surface area contributed by atoms with E-state index >= 15 is 0 Å². The molecule has 4 rings (SSSR count). The molecule has 5 nitrogen and oxygen atoms in total. The van der Waals surface area contributed by atoms with Crippen LogP contribution in [0.3, 0.4) is 0 Å². The molecule has 0 spiro atoms. The van der Waals surface area contributed by atoms with Crippen molar-refractivity contribution in [3.63, 3.8) is 0 Å². The summed E-state index contributed by atoms with van der Waals surface area (Å²) in [4.78, 5) is 19.9. The Morgan fingerprint density at radius 2 is 1.96 bits per heavy atom. The highest BCUT2D eigenvalue weighted by Gasteiger charge is 2.27. The van der Waals surface area contributed by atoms with Crippen molar-refractivity contribution in [2.24, 2.45) is 13.0 Å². The smallest absolute Gasteiger partial charge is 0.228 e. The fraction of sp³-hybridized carbons (Fsp3) is 0.364. The number of carbonyl (C=O) groups excluding carboxylic acids is 1. The van der Waals surface area contributed by atoms with Gasteiger partial charge in [-0.25, -0.2) is 4.98 Å². The van der Waals surface area contributed by atoms with Crippen molar-refractivity contribution >= 4 is 22.6 Å². The molecule has 0 aliphatic carbocycles. The second-order valence-corrected chi connectivity index (χ2v) is 7.45. The average Bonchev–Trinajstić information content (AvgIpc) is 3.00. The Morgan fingerprint density at radius 1 is 1.19 bits per heavy atom. The molecule has 1 amide bonds. The predicted octanol–water partition coefficient (Wildman–Crippen LogP) is 3.73. The summed E-state index contributed by atoms with van der Waals surface area (Å²) in [5.74, 6) is 1.20. The summed E-state index contributed by atoms with van der Waals surface area (Å²) in [5.41, 5.74) is 4.19. The van der Waals surface area contributed by atoms with Crippen LogP contribution in [0.15, 0.2) is 48.5 Å². The molecule has 0 unspecified atom stereocenters. The lowest BCUT2D eigenvalue weighted by Gasteiger charge is -2.31. The van der Waals surface area contributed by atoms with E-state index in [0.29, 0.717) is 0 Å². The van der Waals surface area contributed by atoms with E-state index in [1.807, 2.05) is 49.4 Å². The highest BCUT2D eigenvalue weighted by Crippen LogP contribution is 2.22. The molecule has 27 heavy (non-hydrogen) atoms. The summed E-state index contributed by atoms with van der Waals surface area (Å²) in [6.45, 7) is 4.59.